The minimum Gasteiger partial charge on any atom is -0.495 e. The van der Waals surface area contributed by atoms with Crippen molar-refractivity contribution in [1.29, 1.82) is 0 Å². The van der Waals surface area contributed by atoms with Gasteiger partial charge in [0.1, 0.15) is 5.75 Å². The third kappa shape index (κ3) is 4.89. The fraction of sp³-hybridized carbons (Fsp3) is 0.286. The van der Waals surface area contributed by atoms with Crippen molar-refractivity contribution in [1.82, 2.24) is 0 Å². The number of carbonyl (C=O) groups is 3. The highest BCUT2D eigenvalue weighted by Crippen LogP contribution is 2.30. The van der Waals surface area contributed by atoms with E-state index in [2.05, 4.69) is 10.6 Å². The number of carbonyl (C=O) groups excluding carboxylic acids is 3. The molecule has 152 valence electrons. The number of nitrogens with zero attached hydrogens (tertiary/aromatic N) is 1. The Morgan fingerprint density at radius 1 is 1.14 bits per heavy atom. The second-order valence-electron chi connectivity index (χ2n) is 6.69. The molecule has 0 bridgehead atoms. The number of amides is 3. The van der Waals surface area contributed by atoms with Crippen LogP contribution in [0.5, 0.6) is 5.75 Å². The summed E-state index contributed by atoms with van der Waals surface area (Å²) >= 11 is 1.63. The average Bonchev–Trinajstić information content (AvgIpc) is 3.09. The Bertz CT molecular complexity index is 930. The van der Waals surface area contributed by atoms with E-state index in [9.17, 15) is 14.4 Å². The van der Waals surface area contributed by atoms with Crippen LogP contribution in [0.2, 0.25) is 0 Å². The molecule has 2 aromatic carbocycles. The lowest BCUT2D eigenvalue weighted by Gasteiger charge is -2.17. The van der Waals surface area contributed by atoms with Gasteiger partial charge in [0, 0.05) is 36.2 Å². The molecule has 8 heteroatoms. The van der Waals surface area contributed by atoms with Crippen LogP contribution in [-0.4, -0.2) is 37.6 Å². The smallest absolute Gasteiger partial charge is 0.229 e. The van der Waals surface area contributed by atoms with Crippen LogP contribution in [0.1, 0.15) is 13.3 Å². The Balaban J connectivity index is 1.69. The third-order valence-corrected chi connectivity index (χ3v) is 5.40. The van der Waals surface area contributed by atoms with Crippen molar-refractivity contribution < 1.29 is 19.1 Å². The van der Waals surface area contributed by atoms with Crippen LogP contribution in [-0.2, 0) is 14.4 Å². The van der Waals surface area contributed by atoms with Crippen LogP contribution in [0.15, 0.2) is 47.4 Å². The fourth-order valence-electron chi connectivity index (χ4n) is 3.21. The number of thioether (sulfide) groups is 1. The summed E-state index contributed by atoms with van der Waals surface area (Å²) in [6, 6.07) is 12.7. The molecule has 1 aliphatic rings. The van der Waals surface area contributed by atoms with Crippen LogP contribution in [0.4, 0.5) is 17.1 Å². The number of benzene rings is 2. The van der Waals surface area contributed by atoms with Crippen molar-refractivity contribution in [2.24, 2.45) is 5.92 Å². The predicted octanol–water partition coefficient (Wildman–Crippen LogP) is 3.37. The Kier molecular flexibility index (Phi) is 6.43. The monoisotopic (exact) mass is 413 g/mol. The zero-order valence-electron chi connectivity index (χ0n) is 16.5. The zero-order valence-corrected chi connectivity index (χ0v) is 17.3. The Morgan fingerprint density at radius 3 is 2.48 bits per heavy atom. The molecule has 0 radical (unpaired) electrons. The van der Waals surface area contributed by atoms with Gasteiger partial charge in [-0.25, -0.2) is 0 Å². The lowest BCUT2D eigenvalue weighted by Crippen LogP contribution is -2.28. The van der Waals surface area contributed by atoms with Gasteiger partial charge in [0.05, 0.1) is 18.7 Å². The van der Waals surface area contributed by atoms with Gasteiger partial charge in [0.2, 0.25) is 17.7 Å². The van der Waals surface area contributed by atoms with Gasteiger partial charge in [-0.3, -0.25) is 14.4 Å². The SMILES string of the molecule is COc1ccc(NC(=O)C2CC(=O)N(c3ccc(SC)cc3)C2)cc1NC(C)=O. The Labute approximate surface area is 173 Å². The van der Waals surface area contributed by atoms with Gasteiger partial charge in [-0.2, -0.15) is 0 Å². The number of methoxy groups -OCH3 is 1. The first kappa shape index (κ1) is 20.7. The van der Waals surface area contributed by atoms with Crippen molar-refractivity contribution in [3.63, 3.8) is 0 Å². The van der Waals surface area contributed by atoms with E-state index in [-0.39, 0.29) is 24.1 Å². The lowest BCUT2D eigenvalue weighted by atomic mass is 10.1. The third-order valence-electron chi connectivity index (χ3n) is 4.66. The van der Waals surface area contributed by atoms with Gasteiger partial charge >= 0.3 is 0 Å². The molecule has 2 aromatic rings. The second kappa shape index (κ2) is 9.00. The average molecular weight is 413 g/mol. The predicted molar refractivity (Wildman–Crippen MR) is 115 cm³/mol. The van der Waals surface area contributed by atoms with Crippen LogP contribution < -0.4 is 20.3 Å². The molecule has 3 amide bonds. The summed E-state index contributed by atoms with van der Waals surface area (Å²) in [5.41, 5.74) is 1.78. The molecule has 0 aliphatic carbocycles. The van der Waals surface area contributed by atoms with Gasteiger partial charge < -0.3 is 20.3 Å². The highest BCUT2D eigenvalue weighted by atomic mass is 32.2. The highest BCUT2D eigenvalue weighted by molar-refractivity contribution is 7.98. The number of hydrogen-bond acceptors (Lipinski definition) is 5. The number of nitrogens with one attached hydrogen (secondary N) is 2. The van der Waals surface area contributed by atoms with E-state index in [1.54, 1.807) is 34.9 Å². The summed E-state index contributed by atoms with van der Waals surface area (Å²) in [4.78, 5) is 39.3. The number of hydrogen-bond donors (Lipinski definition) is 2. The van der Waals surface area contributed by atoms with E-state index >= 15 is 0 Å². The largest absolute Gasteiger partial charge is 0.495 e. The maximum Gasteiger partial charge on any atom is 0.229 e. The van der Waals surface area contributed by atoms with Crippen molar-refractivity contribution in [3.05, 3.63) is 42.5 Å². The maximum absolute atomic E-state index is 12.7. The van der Waals surface area contributed by atoms with E-state index in [0.29, 0.717) is 23.7 Å². The molecular formula is C21H23N3O4S. The molecule has 1 saturated heterocycles. The van der Waals surface area contributed by atoms with E-state index in [1.165, 1.54) is 14.0 Å². The normalized spacial score (nSPS) is 15.9. The van der Waals surface area contributed by atoms with Gasteiger partial charge in [-0.05, 0) is 48.7 Å². The number of ether oxygens (including phenoxy) is 1. The molecule has 1 heterocycles. The molecule has 3 rings (SSSR count). The van der Waals surface area contributed by atoms with E-state index in [0.717, 1.165) is 10.6 Å². The van der Waals surface area contributed by atoms with Gasteiger partial charge in [-0.15, -0.1) is 11.8 Å². The first-order valence-corrected chi connectivity index (χ1v) is 10.3. The molecule has 1 fully saturated rings. The quantitative estimate of drug-likeness (QED) is 0.709. The van der Waals surface area contributed by atoms with Gasteiger partial charge in [0.15, 0.2) is 0 Å². The minimum atomic E-state index is -0.450. The molecule has 1 aliphatic heterocycles. The maximum atomic E-state index is 12.7. The first-order valence-electron chi connectivity index (χ1n) is 9.12. The highest BCUT2D eigenvalue weighted by Gasteiger charge is 2.35. The summed E-state index contributed by atoms with van der Waals surface area (Å²) < 4.78 is 5.22. The van der Waals surface area contributed by atoms with Crippen molar-refractivity contribution in [2.75, 3.05) is 35.4 Å². The van der Waals surface area contributed by atoms with E-state index in [1.807, 2.05) is 30.5 Å². The molecule has 0 aromatic heterocycles. The fourth-order valence-corrected chi connectivity index (χ4v) is 3.62. The molecule has 7 nitrogen and oxygen atoms in total. The first-order chi connectivity index (χ1) is 13.9. The standard InChI is InChI=1S/C21H23N3O4S/c1-13(25)22-18-11-15(4-9-19(18)28-2)23-21(27)14-10-20(26)24(12-14)16-5-7-17(29-3)8-6-16/h4-9,11,14H,10,12H2,1-3H3,(H,22,25)(H,23,27). The van der Waals surface area contributed by atoms with Crippen LogP contribution in [0.3, 0.4) is 0 Å². The number of anilines is 3. The van der Waals surface area contributed by atoms with Gasteiger partial charge in [-0.1, -0.05) is 0 Å². The molecule has 0 spiro atoms. The summed E-state index contributed by atoms with van der Waals surface area (Å²) in [6.45, 7) is 1.73. The van der Waals surface area contributed by atoms with Crippen molar-refractivity contribution in [2.45, 2.75) is 18.2 Å². The molecule has 1 atom stereocenters. The molecule has 29 heavy (non-hydrogen) atoms. The van der Waals surface area contributed by atoms with Crippen LogP contribution in [0, 0.1) is 5.92 Å². The molecular weight excluding hydrogens is 390 g/mol. The molecule has 2 N–H and O–H groups in total. The van der Waals surface area contributed by atoms with Crippen LogP contribution in [0.25, 0.3) is 0 Å². The van der Waals surface area contributed by atoms with E-state index < -0.39 is 5.92 Å². The summed E-state index contributed by atoms with van der Waals surface area (Å²) in [5, 5.41) is 5.50. The summed E-state index contributed by atoms with van der Waals surface area (Å²) in [6.07, 6.45) is 2.15. The van der Waals surface area contributed by atoms with E-state index in [4.69, 9.17) is 4.74 Å². The summed E-state index contributed by atoms with van der Waals surface area (Å²) in [7, 11) is 1.50. The van der Waals surface area contributed by atoms with Crippen LogP contribution >= 0.6 is 11.8 Å². The summed E-state index contributed by atoms with van der Waals surface area (Å²) in [5.74, 6) is -0.504. The molecule has 0 saturated carbocycles. The number of rotatable bonds is 6. The van der Waals surface area contributed by atoms with Crippen molar-refractivity contribution >= 4 is 46.5 Å². The Hall–Kier alpha value is -3.00. The second-order valence-corrected chi connectivity index (χ2v) is 7.57. The topological polar surface area (TPSA) is 87.7 Å². The zero-order chi connectivity index (χ0) is 21.0. The van der Waals surface area contributed by atoms with Gasteiger partial charge in [0.25, 0.3) is 0 Å². The molecule has 1 unspecified atom stereocenters. The van der Waals surface area contributed by atoms with Crippen molar-refractivity contribution in [3.8, 4) is 5.75 Å². The lowest BCUT2D eigenvalue weighted by molar-refractivity contribution is -0.122. The Morgan fingerprint density at radius 2 is 1.86 bits per heavy atom. The minimum absolute atomic E-state index is 0.0734.